The van der Waals surface area contributed by atoms with E-state index < -0.39 is 0 Å². The second-order valence-corrected chi connectivity index (χ2v) is 8.32. The number of rotatable bonds is 6. The van der Waals surface area contributed by atoms with Crippen LogP contribution in [-0.4, -0.2) is 40.2 Å². The molecular weight excluding hydrogens is 396 g/mol. The molecule has 1 fully saturated rings. The molecule has 0 aliphatic carbocycles. The lowest BCUT2D eigenvalue weighted by molar-refractivity contribution is 0.0931. The third-order valence-corrected chi connectivity index (χ3v) is 5.83. The van der Waals surface area contributed by atoms with Crippen LogP contribution in [0.1, 0.15) is 48.8 Å². The quantitative estimate of drug-likeness (QED) is 0.622. The van der Waals surface area contributed by atoms with Crippen molar-refractivity contribution in [2.24, 2.45) is 5.92 Å². The van der Waals surface area contributed by atoms with E-state index in [2.05, 4.69) is 59.5 Å². The Morgan fingerprint density at radius 3 is 2.43 bits per heavy atom. The number of hydrogen-bond donors (Lipinski definition) is 1. The first-order valence-electron chi connectivity index (χ1n) is 10.6. The molecule has 0 bridgehead atoms. The molecule has 30 heavy (non-hydrogen) atoms. The number of aromatic nitrogens is 2. The van der Waals surface area contributed by atoms with Crippen molar-refractivity contribution in [3.05, 3.63) is 65.9 Å². The standard InChI is InChI=1S/C24H30N4O.ClH/c1-18(2)28-22-11-7-6-10-21(22)23(26-28)24(29)25-16-19-12-14-27(15-13-19)17-20-8-4-3-5-9-20;/h3-11,18-19H,12-17H2,1-2H3,(H,25,29);1H. The number of benzene rings is 2. The molecule has 0 saturated carbocycles. The summed E-state index contributed by atoms with van der Waals surface area (Å²) < 4.78 is 1.94. The first-order valence-corrected chi connectivity index (χ1v) is 10.6. The van der Waals surface area contributed by atoms with Crippen molar-refractivity contribution in [3.8, 4) is 0 Å². The van der Waals surface area contributed by atoms with E-state index in [1.54, 1.807) is 0 Å². The van der Waals surface area contributed by atoms with Gasteiger partial charge in [-0.1, -0.05) is 48.5 Å². The van der Waals surface area contributed by atoms with Gasteiger partial charge in [-0.25, -0.2) is 0 Å². The highest BCUT2D eigenvalue weighted by atomic mass is 35.5. The number of carbonyl (C=O) groups is 1. The van der Waals surface area contributed by atoms with E-state index in [1.165, 1.54) is 5.56 Å². The van der Waals surface area contributed by atoms with Crippen LogP contribution in [-0.2, 0) is 6.54 Å². The Balaban J connectivity index is 0.00000256. The van der Waals surface area contributed by atoms with Crippen LogP contribution >= 0.6 is 12.4 Å². The molecule has 1 N–H and O–H groups in total. The predicted molar refractivity (Wildman–Crippen MR) is 124 cm³/mol. The zero-order valence-corrected chi connectivity index (χ0v) is 18.6. The maximum absolute atomic E-state index is 12.8. The smallest absolute Gasteiger partial charge is 0.272 e. The van der Waals surface area contributed by atoms with Crippen molar-refractivity contribution in [2.45, 2.75) is 39.3 Å². The number of likely N-dealkylation sites (tertiary alicyclic amines) is 1. The van der Waals surface area contributed by atoms with E-state index in [-0.39, 0.29) is 24.4 Å². The van der Waals surface area contributed by atoms with Crippen molar-refractivity contribution >= 4 is 29.2 Å². The fourth-order valence-electron chi connectivity index (χ4n) is 4.16. The summed E-state index contributed by atoms with van der Waals surface area (Å²) in [7, 11) is 0. The van der Waals surface area contributed by atoms with Gasteiger partial charge < -0.3 is 5.32 Å². The second-order valence-electron chi connectivity index (χ2n) is 8.32. The van der Waals surface area contributed by atoms with Crippen LogP contribution in [0.15, 0.2) is 54.6 Å². The number of hydrogen-bond acceptors (Lipinski definition) is 3. The van der Waals surface area contributed by atoms with Crippen LogP contribution < -0.4 is 5.32 Å². The third kappa shape index (κ3) is 5.02. The summed E-state index contributed by atoms with van der Waals surface area (Å²) in [5.74, 6) is 0.469. The van der Waals surface area contributed by atoms with Gasteiger partial charge in [-0.05, 0) is 57.3 Å². The van der Waals surface area contributed by atoms with E-state index in [0.717, 1.165) is 49.9 Å². The third-order valence-electron chi connectivity index (χ3n) is 5.83. The Hall–Kier alpha value is -2.37. The van der Waals surface area contributed by atoms with Crippen LogP contribution in [0.3, 0.4) is 0 Å². The number of piperidine rings is 1. The SMILES string of the molecule is CC(C)n1nc(C(=O)NCC2CCN(Cc3ccccc3)CC2)c2ccccc21.Cl. The van der Waals surface area contributed by atoms with Gasteiger partial charge in [-0.15, -0.1) is 12.4 Å². The predicted octanol–water partition coefficient (Wildman–Crippen LogP) is 4.68. The molecule has 5 nitrogen and oxygen atoms in total. The molecule has 0 radical (unpaired) electrons. The van der Waals surface area contributed by atoms with Crippen molar-refractivity contribution < 1.29 is 4.79 Å². The number of carbonyl (C=O) groups excluding carboxylic acids is 1. The van der Waals surface area contributed by atoms with Gasteiger partial charge in [-0.3, -0.25) is 14.4 Å². The highest BCUT2D eigenvalue weighted by Crippen LogP contribution is 2.22. The average molecular weight is 427 g/mol. The minimum atomic E-state index is -0.0627. The fourth-order valence-corrected chi connectivity index (χ4v) is 4.16. The van der Waals surface area contributed by atoms with Crippen molar-refractivity contribution in [1.82, 2.24) is 20.0 Å². The minimum Gasteiger partial charge on any atom is -0.350 e. The lowest BCUT2D eigenvalue weighted by Crippen LogP contribution is -2.38. The lowest BCUT2D eigenvalue weighted by Gasteiger charge is -2.32. The molecular formula is C24H31ClN4O. The van der Waals surface area contributed by atoms with Crippen molar-refractivity contribution in [2.75, 3.05) is 19.6 Å². The van der Waals surface area contributed by atoms with E-state index in [0.29, 0.717) is 11.6 Å². The molecule has 1 amide bonds. The first-order chi connectivity index (χ1) is 14.1. The summed E-state index contributed by atoms with van der Waals surface area (Å²) in [6.45, 7) is 8.08. The van der Waals surface area contributed by atoms with Crippen LogP contribution in [0.4, 0.5) is 0 Å². The summed E-state index contributed by atoms with van der Waals surface area (Å²) in [6.07, 6.45) is 2.24. The topological polar surface area (TPSA) is 50.2 Å². The number of nitrogens with one attached hydrogen (secondary N) is 1. The maximum Gasteiger partial charge on any atom is 0.272 e. The largest absolute Gasteiger partial charge is 0.350 e. The summed E-state index contributed by atoms with van der Waals surface area (Å²) in [5.41, 5.74) is 2.92. The van der Waals surface area contributed by atoms with E-state index in [4.69, 9.17) is 0 Å². The summed E-state index contributed by atoms with van der Waals surface area (Å²) in [5, 5.41) is 8.68. The van der Waals surface area contributed by atoms with E-state index >= 15 is 0 Å². The summed E-state index contributed by atoms with van der Waals surface area (Å²) >= 11 is 0. The van der Waals surface area contributed by atoms with Crippen LogP contribution in [0.2, 0.25) is 0 Å². The van der Waals surface area contributed by atoms with E-state index in [9.17, 15) is 4.79 Å². The average Bonchev–Trinajstić information content (AvgIpc) is 3.14. The molecule has 1 aromatic heterocycles. The minimum absolute atomic E-state index is 0. The van der Waals surface area contributed by atoms with Crippen LogP contribution in [0.5, 0.6) is 0 Å². The Morgan fingerprint density at radius 1 is 1.07 bits per heavy atom. The molecule has 6 heteroatoms. The molecule has 1 aliphatic rings. The van der Waals surface area contributed by atoms with Gasteiger partial charge >= 0.3 is 0 Å². The molecule has 1 saturated heterocycles. The second kappa shape index (κ2) is 10.1. The Morgan fingerprint density at radius 2 is 1.73 bits per heavy atom. The Kier molecular flexibility index (Phi) is 7.51. The Bertz CT molecular complexity index is 962. The zero-order valence-electron chi connectivity index (χ0n) is 17.8. The van der Waals surface area contributed by atoms with Gasteiger partial charge in [0, 0.05) is 24.5 Å². The number of nitrogens with zero attached hydrogens (tertiary/aromatic N) is 3. The van der Waals surface area contributed by atoms with Gasteiger partial charge in [0.2, 0.25) is 0 Å². The van der Waals surface area contributed by atoms with Gasteiger partial charge in [0.25, 0.3) is 5.91 Å². The Labute approximate surface area is 184 Å². The number of halogens is 1. The highest BCUT2D eigenvalue weighted by Gasteiger charge is 2.22. The highest BCUT2D eigenvalue weighted by molar-refractivity contribution is 6.04. The van der Waals surface area contributed by atoms with Gasteiger partial charge in [0.05, 0.1) is 5.52 Å². The number of para-hydroxylation sites is 1. The van der Waals surface area contributed by atoms with Gasteiger partial charge in [0.15, 0.2) is 5.69 Å². The molecule has 2 aromatic carbocycles. The normalized spacial score (nSPS) is 15.3. The molecule has 2 heterocycles. The monoisotopic (exact) mass is 426 g/mol. The molecule has 0 atom stereocenters. The molecule has 4 rings (SSSR count). The van der Waals surface area contributed by atoms with Crippen molar-refractivity contribution in [1.29, 1.82) is 0 Å². The van der Waals surface area contributed by atoms with Gasteiger partial charge in [0.1, 0.15) is 0 Å². The molecule has 3 aromatic rings. The summed E-state index contributed by atoms with van der Waals surface area (Å²) in [4.78, 5) is 15.4. The van der Waals surface area contributed by atoms with Crippen molar-refractivity contribution in [3.63, 3.8) is 0 Å². The fraction of sp³-hybridized carbons (Fsp3) is 0.417. The van der Waals surface area contributed by atoms with Gasteiger partial charge in [-0.2, -0.15) is 5.10 Å². The molecule has 0 unspecified atom stereocenters. The van der Waals surface area contributed by atoms with Crippen LogP contribution in [0, 0.1) is 5.92 Å². The molecule has 1 aliphatic heterocycles. The zero-order chi connectivity index (χ0) is 20.2. The molecule has 160 valence electrons. The molecule has 0 spiro atoms. The van der Waals surface area contributed by atoms with E-state index in [1.807, 2.05) is 28.9 Å². The first kappa shape index (κ1) is 22.3. The number of fused-ring (bicyclic) bond motifs is 1. The summed E-state index contributed by atoms with van der Waals surface area (Å²) in [6, 6.07) is 18.8. The maximum atomic E-state index is 12.8. The van der Waals surface area contributed by atoms with Crippen LogP contribution in [0.25, 0.3) is 10.9 Å². The lowest BCUT2D eigenvalue weighted by atomic mass is 9.96. The number of amides is 1.